The third-order valence-corrected chi connectivity index (χ3v) is 8.88. The molecular formula is C34H55N7O8. The summed E-state index contributed by atoms with van der Waals surface area (Å²) in [5.41, 5.74) is 17.8. The van der Waals surface area contributed by atoms with Crippen LogP contribution in [0.1, 0.15) is 71.3 Å². The monoisotopic (exact) mass is 689 g/mol. The van der Waals surface area contributed by atoms with Crippen molar-refractivity contribution in [3.05, 3.63) is 35.9 Å². The zero-order chi connectivity index (χ0) is 36.7. The van der Waals surface area contributed by atoms with Crippen molar-refractivity contribution in [3.63, 3.8) is 0 Å². The summed E-state index contributed by atoms with van der Waals surface area (Å²) in [6.45, 7) is 8.79. The molecule has 2 saturated heterocycles. The molecular weight excluding hydrogens is 634 g/mol. The van der Waals surface area contributed by atoms with Crippen LogP contribution in [0, 0.1) is 11.3 Å². The Hall–Kier alpha value is -4.08. The standard InChI is InChI=1S/C30H48N6O4.C4H7NO4/c1-21(2)17-26(34-27(38)24(32)18-23-9-5-4-6-10-23)28(39)33-25(11-7-8-14-31)29(40)35-15-12-30(13-16-35)19-36(20-30)22(3)37;5-2(4(8)9)1-3(6)7/h4-6,9-10,21,24-26H,7-8,11-20,31-32H2,1-3H3,(H,33,39)(H,34,38);2H,1,5H2,(H,6,7)(H,8,9)/t24-,25-,26-;2-/m10/s1. The van der Waals surface area contributed by atoms with Crippen LogP contribution in [-0.4, -0.2) is 112 Å². The molecule has 49 heavy (non-hydrogen) atoms. The van der Waals surface area contributed by atoms with Gasteiger partial charge in [-0.05, 0) is 63.0 Å². The Morgan fingerprint density at radius 1 is 0.857 bits per heavy atom. The van der Waals surface area contributed by atoms with Gasteiger partial charge in [0.2, 0.25) is 23.6 Å². The molecule has 0 aromatic heterocycles. The van der Waals surface area contributed by atoms with Crippen molar-refractivity contribution in [1.29, 1.82) is 0 Å². The highest BCUT2D eigenvalue weighted by atomic mass is 16.4. The van der Waals surface area contributed by atoms with Gasteiger partial charge < -0.3 is 47.8 Å². The molecule has 2 fully saturated rings. The van der Waals surface area contributed by atoms with E-state index < -0.39 is 48.4 Å². The van der Waals surface area contributed by atoms with Gasteiger partial charge in [0.05, 0.1) is 12.5 Å². The summed E-state index contributed by atoms with van der Waals surface area (Å²) in [5.74, 6) is -3.12. The first-order chi connectivity index (χ1) is 23.1. The number of piperidine rings is 1. The number of rotatable bonds is 16. The van der Waals surface area contributed by atoms with Crippen molar-refractivity contribution < 1.29 is 39.0 Å². The number of nitrogens with zero attached hydrogens (tertiary/aromatic N) is 2. The molecule has 10 N–H and O–H groups in total. The number of carbonyl (C=O) groups excluding carboxylic acids is 4. The van der Waals surface area contributed by atoms with Crippen molar-refractivity contribution in [3.8, 4) is 0 Å². The summed E-state index contributed by atoms with van der Waals surface area (Å²) in [4.78, 5) is 75.0. The van der Waals surface area contributed by atoms with Crippen LogP contribution in [0.4, 0.5) is 0 Å². The molecule has 0 bridgehead atoms. The zero-order valence-corrected chi connectivity index (χ0v) is 28.9. The maximum absolute atomic E-state index is 13.6. The Bertz CT molecular complexity index is 1260. The number of likely N-dealkylation sites (tertiary alicyclic amines) is 2. The summed E-state index contributed by atoms with van der Waals surface area (Å²) < 4.78 is 0. The first-order valence-corrected chi connectivity index (χ1v) is 16.9. The lowest BCUT2D eigenvalue weighted by Gasteiger charge is -2.54. The van der Waals surface area contributed by atoms with Gasteiger partial charge in [0.25, 0.3) is 0 Å². The number of amides is 4. The van der Waals surface area contributed by atoms with Gasteiger partial charge in [0, 0.05) is 38.5 Å². The van der Waals surface area contributed by atoms with Crippen LogP contribution in [0.5, 0.6) is 0 Å². The van der Waals surface area contributed by atoms with Crippen molar-refractivity contribution in [1.82, 2.24) is 20.4 Å². The predicted molar refractivity (Wildman–Crippen MR) is 183 cm³/mol. The van der Waals surface area contributed by atoms with Crippen LogP contribution in [0.15, 0.2) is 30.3 Å². The fraction of sp³-hybridized carbons (Fsp3) is 0.647. The number of hydrogen-bond donors (Lipinski definition) is 7. The molecule has 15 nitrogen and oxygen atoms in total. The molecule has 1 aromatic carbocycles. The summed E-state index contributed by atoms with van der Waals surface area (Å²) in [6, 6.07) is 5.95. The number of carbonyl (C=O) groups is 6. The number of aliphatic carboxylic acids is 2. The van der Waals surface area contributed by atoms with E-state index in [4.69, 9.17) is 27.4 Å². The molecule has 15 heteroatoms. The topological polar surface area (TPSA) is 251 Å². The molecule has 3 rings (SSSR count). The fourth-order valence-corrected chi connectivity index (χ4v) is 5.96. The van der Waals surface area contributed by atoms with Crippen LogP contribution >= 0.6 is 0 Å². The van der Waals surface area contributed by atoms with Crippen LogP contribution in [0.2, 0.25) is 0 Å². The lowest BCUT2D eigenvalue weighted by atomic mass is 9.72. The molecule has 2 aliphatic heterocycles. The molecule has 0 unspecified atom stereocenters. The van der Waals surface area contributed by atoms with Gasteiger partial charge in [0.1, 0.15) is 18.1 Å². The molecule has 274 valence electrons. The van der Waals surface area contributed by atoms with E-state index in [0.717, 1.165) is 37.9 Å². The average Bonchev–Trinajstić information content (AvgIpc) is 3.02. The van der Waals surface area contributed by atoms with Crippen molar-refractivity contribution >= 4 is 35.6 Å². The van der Waals surface area contributed by atoms with Crippen molar-refractivity contribution in [2.75, 3.05) is 32.7 Å². The van der Waals surface area contributed by atoms with E-state index in [1.807, 2.05) is 54.0 Å². The van der Waals surface area contributed by atoms with Crippen LogP contribution in [0.25, 0.3) is 0 Å². The van der Waals surface area contributed by atoms with Gasteiger partial charge in [-0.15, -0.1) is 0 Å². The van der Waals surface area contributed by atoms with E-state index in [1.165, 1.54) is 0 Å². The zero-order valence-electron chi connectivity index (χ0n) is 28.9. The molecule has 4 amide bonds. The van der Waals surface area contributed by atoms with E-state index in [9.17, 15) is 28.8 Å². The second-order valence-corrected chi connectivity index (χ2v) is 13.6. The number of unbranched alkanes of at least 4 members (excludes halogenated alkanes) is 1. The molecule has 1 aromatic rings. The van der Waals surface area contributed by atoms with E-state index >= 15 is 0 Å². The van der Waals surface area contributed by atoms with Crippen LogP contribution in [-0.2, 0) is 35.2 Å². The molecule has 2 aliphatic rings. The third-order valence-electron chi connectivity index (χ3n) is 8.88. The molecule has 4 atom stereocenters. The maximum Gasteiger partial charge on any atom is 0.321 e. The summed E-state index contributed by atoms with van der Waals surface area (Å²) in [5, 5.41) is 21.8. The Balaban J connectivity index is 0.000000811. The Morgan fingerprint density at radius 2 is 1.45 bits per heavy atom. The predicted octanol–water partition coefficient (Wildman–Crippen LogP) is 0.0450. The molecule has 1 spiro atoms. The van der Waals surface area contributed by atoms with Gasteiger partial charge >= 0.3 is 11.9 Å². The number of carboxylic acids is 2. The number of hydrogen-bond acceptors (Lipinski definition) is 9. The Labute approximate surface area is 288 Å². The summed E-state index contributed by atoms with van der Waals surface area (Å²) in [6.07, 6.45) is 3.90. The second-order valence-electron chi connectivity index (χ2n) is 13.6. The third kappa shape index (κ3) is 13.8. The highest BCUT2D eigenvalue weighted by molar-refractivity contribution is 5.93. The molecule has 0 radical (unpaired) electrons. The van der Waals surface area contributed by atoms with Crippen molar-refractivity contribution in [2.45, 2.75) is 96.3 Å². The summed E-state index contributed by atoms with van der Waals surface area (Å²) in [7, 11) is 0. The number of carboxylic acid groups (broad SMARTS) is 2. The van der Waals surface area contributed by atoms with Crippen molar-refractivity contribution in [2.24, 2.45) is 28.5 Å². The van der Waals surface area contributed by atoms with Gasteiger partial charge in [-0.1, -0.05) is 44.2 Å². The number of nitrogens with two attached hydrogens (primary N) is 3. The highest BCUT2D eigenvalue weighted by Crippen LogP contribution is 2.40. The van der Waals surface area contributed by atoms with E-state index in [2.05, 4.69) is 10.6 Å². The minimum absolute atomic E-state index is 0.0934. The smallest absolute Gasteiger partial charge is 0.321 e. The first kappa shape index (κ1) is 41.1. The number of benzene rings is 1. The minimum Gasteiger partial charge on any atom is -0.481 e. The molecule has 0 aliphatic carbocycles. The lowest BCUT2D eigenvalue weighted by Crippen LogP contribution is -2.63. The number of nitrogens with one attached hydrogen (secondary N) is 2. The van der Waals surface area contributed by atoms with Gasteiger partial charge in [-0.2, -0.15) is 0 Å². The van der Waals surface area contributed by atoms with E-state index in [0.29, 0.717) is 45.3 Å². The minimum atomic E-state index is -1.29. The van der Waals surface area contributed by atoms with E-state index in [1.54, 1.807) is 6.92 Å². The quantitative estimate of drug-likeness (QED) is 0.114. The first-order valence-electron chi connectivity index (χ1n) is 16.9. The normalized spacial score (nSPS) is 17.4. The fourth-order valence-electron chi connectivity index (χ4n) is 5.96. The Kier molecular flexibility index (Phi) is 16.6. The molecule has 2 heterocycles. The summed E-state index contributed by atoms with van der Waals surface area (Å²) >= 11 is 0. The van der Waals surface area contributed by atoms with Gasteiger partial charge in [-0.25, -0.2) is 0 Å². The maximum atomic E-state index is 13.6. The average molecular weight is 690 g/mol. The molecule has 0 saturated carbocycles. The van der Waals surface area contributed by atoms with Crippen LogP contribution < -0.4 is 27.8 Å². The van der Waals surface area contributed by atoms with Gasteiger partial charge in [0.15, 0.2) is 0 Å². The SMILES string of the molecule is CC(=O)N1CC2(CCN(C(=O)[C@@H](CCCCN)NC(=O)[C@@H](CC(C)C)NC(=O)[C@H](N)Cc3ccccc3)CC2)C1.N[C@@H](CC(=O)O)C(=O)O. The van der Waals surface area contributed by atoms with E-state index in [-0.39, 0.29) is 29.1 Å². The highest BCUT2D eigenvalue weighted by Gasteiger charge is 2.47. The second kappa shape index (κ2) is 19.8. The van der Waals surface area contributed by atoms with Gasteiger partial charge in [-0.3, -0.25) is 28.8 Å². The largest absolute Gasteiger partial charge is 0.481 e. The Morgan fingerprint density at radius 3 is 1.94 bits per heavy atom. The van der Waals surface area contributed by atoms with Crippen LogP contribution in [0.3, 0.4) is 0 Å². The lowest BCUT2D eigenvalue weighted by molar-refractivity contribution is -0.149.